The standard InChI is InChI=1S/C77H150O17P2/c1-8-11-12-13-14-15-16-17-18-19-20-21-22-23-24-25-26-31-37-46-53-60-76(81)93-72(64-87-74(79)58-51-44-36-30-28-27-29-34-41-48-55-68(4)5)66-91-95(83,84)89-62-71(78)63-90-96(85,86)92-67-73(65-88-75(80)59-52-45-40-39-43-50-57-70(7)10-3)94-77(82)61-54-47-38-33-32-35-42-49-56-69(6)9-2/h68-73,78H,8-67H2,1-7H3,(H,83,84)(H,85,86)/t69?,70?,71-,72-,73-/m1/s1. The first-order chi connectivity index (χ1) is 46.3. The van der Waals surface area contributed by atoms with Crippen molar-refractivity contribution in [3.63, 3.8) is 0 Å². The highest BCUT2D eigenvalue weighted by atomic mass is 31.2. The summed E-state index contributed by atoms with van der Waals surface area (Å²) < 4.78 is 68.5. The summed E-state index contributed by atoms with van der Waals surface area (Å²) in [7, 11) is -9.91. The van der Waals surface area contributed by atoms with Crippen LogP contribution in [0, 0.1) is 17.8 Å². The zero-order valence-electron chi connectivity index (χ0n) is 62.8. The van der Waals surface area contributed by atoms with Gasteiger partial charge in [0.2, 0.25) is 0 Å². The van der Waals surface area contributed by atoms with Crippen molar-refractivity contribution in [1.82, 2.24) is 0 Å². The molecule has 0 fully saturated rings. The molecule has 4 unspecified atom stereocenters. The molecule has 0 amide bonds. The topological polar surface area (TPSA) is 237 Å². The predicted molar refractivity (Wildman–Crippen MR) is 391 cm³/mol. The molecule has 0 saturated carbocycles. The van der Waals surface area contributed by atoms with Crippen LogP contribution in [0.15, 0.2) is 0 Å². The largest absolute Gasteiger partial charge is 0.472 e. The molecule has 19 heteroatoms. The second-order valence-corrected chi connectivity index (χ2v) is 31.6. The minimum atomic E-state index is -4.96. The molecule has 0 heterocycles. The van der Waals surface area contributed by atoms with Crippen molar-refractivity contribution in [2.75, 3.05) is 39.6 Å². The maximum Gasteiger partial charge on any atom is 0.472 e. The lowest BCUT2D eigenvalue weighted by Crippen LogP contribution is -2.30. The zero-order chi connectivity index (χ0) is 70.9. The molecule has 0 aliphatic carbocycles. The molecule has 0 aliphatic rings. The quantitative estimate of drug-likeness (QED) is 0.0222. The molecule has 570 valence electrons. The monoisotopic (exact) mass is 1410 g/mol. The molecule has 0 rings (SSSR count). The highest BCUT2D eigenvalue weighted by Crippen LogP contribution is 2.45. The molecule has 7 atom stereocenters. The Hall–Kier alpha value is -1.94. The minimum absolute atomic E-state index is 0.104. The number of rotatable bonds is 75. The van der Waals surface area contributed by atoms with Crippen LogP contribution in [-0.4, -0.2) is 96.7 Å². The summed E-state index contributed by atoms with van der Waals surface area (Å²) in [6.45, 7) is 11.8. The van der Waals surface area contributed by atoms with E-state index in [1.165, 1.54) is 199 Å². The third-order valence-electron chi connectivity index (χ3n) is 18.6. The van der Waals surface area contributed by atoms with Crippen molar-refractivity contribution in [3.05, 3.63) is 0 Å². The summed E-state index contributed by atoms with van der Waals surface area (Å²) >= 11 is 0. The maximum absolute atomic E-state index is 13.1. The van der Waals surface area contributed by atoms with Gasteiger partial charge in [-0.2, -0.15) is 0 Å². The van der Waals surface area contributed by atoms with Gasteiger partial charge in [0.1, 0.15) is 19.3 Å². The van der Waals surface area contributed by atoms with E-state index in [-0.39, 0.29) is 25.7 Å². The molecule has 17 nitrogen and oxygen atoms in total. The number of carbonyl (C=O) groups excluding carboxylic acids is 4. The third-order valence-corrected chi connectivity index (χ3v) is 20.5. The van der Waals surface area contributed by atoms with E-state index in [0.717, 1.165) is 114 Å². The van der Waals surface area contributed by atoms with Gasteiger partial charge in [0.05, 0.1) is 26.4 Å². The van der Waals surface area contributed by atoms with Gasteiger partial charge in [-0.15, -0.1) is 0 Å². The zero-order valence-corrected chi connectivity index (χ0v) is 64.6. The number of hydrogen-bond acceptors (Lipinski definition) is 15. The van der Waals surface area contributed by atoms with E-state index < -0.39 is 97.5 Å². The minimum Gasteiger partial charge on any atom is -0.462 e. The summed E-state index contributed by atoms with van der Waals surface area (Å²) in [5, 5.41) is 10.6. The van der Waals surface area contributed by atoms with E-state index in [0.29, 0.717) is 25.7 Å². The van der Waals surface area contributed by atoms with E-state index in [1.807, 2.05) is 0 Å². The Morgan fingerprint density at radius 2 is 0.531 bits per heavy atom. The van der Waals surface area contributed by atoms with E-state index in [9.17, 15) is 43.2 Å². The number of carbonyl (C=O) groups is 4. The van der Waals surface area contributed by atoms with Gasteiger partial charge in [0.15, 0.2) is 12.2 Å². The first-order valence-electron chi connectivity index (χ1n) is 39.9. The number of aliphatic hydroxyl groups excluding tert-OH is 1. The number of phosphoric acid groups is 2. The van der Waals surface area contributed by atoms with Crippen molar-refractivity contribution in [3.8, 4) is 0 Å². The van der Waals surface area contributed by atoms with Crippen LogP contribution in [0.2, 0.25) is 0 Å². The van der Waals surface area contributed by atoms with Crippen LogP contribution in [0.3, 0.4) is 0 Å². The summed E-state index contributed by atoms with van der Waals surface area (Å²) in [5.74, 6) is 0.138. The maximum atomic E-state index is 13.1. The highest BCUT2D eigenvalue weighted by molar-refractivity contribution is 7.47. The number of unbranched alkanes of at least 4 members (excludes halogenated alkanes) is 41. The Bertz CT molecular complexity index is 1870. The van der Waals surface area contributed by atoms with Crippen LogP contribution < -0.4 is 0 Å². The molecule has 0 aromatic carbocycles. The van der Waals surface area contributed by atoms with Crippen molar-refractivity contribution in [2.24, 2.45) is 17.8 Å². The molecule has 0 aromatic heterocycles. The SMILES string of the molecule is CCCCCCCCCCCCCCCCCCCCCCCC(=O)O[C@H](COC(=O)CCCCCCCCCCCCC(C)C)COP(=O)(O)OC[C@@H](O)COP(=O)(O)OC[C@@H](COC(=O)CCCCCCCCC(C)CC)OC(=O)CCCCCCCCCCC(C)CC. The van der Waals surface area contributed by atoms with Gasteiger partial charge < -0.3 is 33.8 Å². The number of aliphatic hydroxyl groups is 1. The Labute approximate surface area is 588 Å². The van der Waals surface area contributed by atoms with Gasteiger partial charge in [-0.25, -0.2) is 9.13 Å². The summed E-state index contributed by atoms with van der Waals surface area (Å²) in [6, 6.07) is 0. The van der Waals surface area contributed by atoms with E-state index in [1.54, 1.807) is 0 Å². The van der Waals surface area contributed by atoms with Crippen LogP contribution in [0.25, 0.3) is 0 Å². The fourth-order valence-electron chi connectivity index (χ4n) is 11.7. The molecular formula is C77H150O17P2. The Balaban J connectivity index is 5.21. The van der Waals surface area contributed by atoms with Gasteiger partial charge in [-0.1, -0.05) is 344 Å². The van der Waals surface area contributed by atoms with Gasteiger partial charge in [-0.3, -0.25) is 37.3 Å². The van der Waals surface area contributed by atoms with E-state index >= 15 is 0 Å². The molecule has 0 aliphatic heterocycles. The van der Waals surface area contributed by atoms with Gasteiger partial charge in [0.25, 0.3) is 0 Å². The van der Waals surface area contributed by atoms with Gasteiger partial charge in [-0.05, 0) is 43.4 Å². The summed E-state index contributed by atoms with van der Waals surface area (Å²) in [5.41, 5.74) is 0. The molecule has 0 radical (unpaired) electrons. The van der Waals surface area contributed by atoms with Gasteiger partial charge in [0, 0.05) is 25.7 Å². The molecule has 96 heavy (non-hydrogen) atoms. The van der Waals surface area contributed by atoms with E-state index in [4.69, 9.17) is 37.0 Å². The summed E-state index contributed by atoms with van der Waals surface area (Å²) in [4.78, 5) is 72.8. The van der Waals surface area contributed by atoms with Crippen LogP contribution >= 0.6 is 15.6 Å². The first-order valence-corrected chi connectivity index (χ1v) is 42.9. The second-order valence-electron chi connectivity index (χ2n) is 28.7. The average Bonchev–Trinajstić information content (AvgIpc) is 2.91. The van der Waals surface area contributed by atoms with Crippen LogP contribution in [0.5, 0.6) is 0 Å². The average molecular weight is 1410 g/mol. The molecule has 3 N–H and O–H groups in total. The van der Waals surface area contributed by atoms with Crippen LogP contribution in [0.1, 0.15) is 395 Å². The molecule has 0 spiro atoms. The van der Waals surface area contributed by atoms with Gasteiger partial charge >= 0.3 is 39.5 Å². The number of esters is 4. The Kier molecular flexibility index (Phi) is 66.2. The fourth-order valence-corrected chi connectivity index (χ4v) is 13.3. The fraction of sp³-hybridized carbons (Fsp3) is 0.948. The lowest BCUT2D eigenvalue weighted by molar-refractivity contribution is -0.161. The number of ether oxygens (including phenoxy) is 4. The predicted octanol–water partition coefficient (Wildman–Crippen LogP) is 22.6. The van der Waals surface area contributed by atoms with Crippen molar-refractivity contribution >= 4 is 39.5 Å². The van der Waals surface area contributed by atoms with Crippen molar-refractivity contribution in [1.29, 1.82) is 0 Å². The van der Waals surface area contributed by atoms with Crippen molar-refractivity contribution < 1.29 is 80.2 Å². The smallest absolute Gasteiger partial charge is 0.462 e. The lowest BCUT2D eigenvalue weighted by atomic mass is 9.99. The molecule has 0 saturated heterocycles. The Morgan fingerprint density at radius 1 is 0.302 bits per heavy atom. The number of phosphoric ester groups is 2. The number of hydrogen-bond donors (Lipinski definition) is 3. The highest BCUT2D eigenvalue weighted by Gasteiger charge is 2.30. The first kappa shape index (κ1) is 94.1. The molecule has 0 bridgehead atoms. The molecule has 0 aromatic rings. The summed E-state index contributed by atoms with van der Waals surface area (Å²) in [6.07, 6.45) is 54.2. The molecular weight excluding hydrogens is 1260 g/mol. The van der Waals surface area contributed by atoms with E-state index in [2.05, 4.69) is 48.5 Å². The second kappa shape index (κ2) is 67.5. The van der Waals surface area contributed by atoms with Crippen molar-refractivity contribution in [2.45, 2.75) is 414 Å². The lowest BCUT2D eigenvalue weighted by Gasteiger charge is -2.21. The third kappa shape index (κ3) is 67.9. The van der Waals surface area contributed by atoms with Crippen LogP contribution in [0.4, 0.5) is 0 Å². The normalized spacial score (nSPS) is 14.6. The van der Waals surface area contributed by atoms with Crippen LogP contribution in [-0.2, 0) is 65.4 Å². The Morgan fingerprint density at radius 3 is 0.792 bits per heavy atom.